The Morgan fingerprint density at radius 3 is 2.88 bits per heavy atom. The van der Waals surface area contributed by atoms with Crippen molar-refractivity contribution in [2.75, 3.05) is 19.8 Å². The van der Waals surface area contributed by atoms with E-state index in [2.05, 4.69) is 18.2 Å². The first-order valence-corrected chi connectivity index (χ1v) is 9.00. The van der Waals surface area contributed by atoms with E-state index in [0.29, 0.717) is 18.7 Å². The van der Waals surface area contributed by atoms with Gasteiger partial charge in [-0.1, -0.05) is 30.3 Å². The predicted octanol–water partition coefficient (Wildman–Crippen LogP) is 3.44. The number of amides is 1. The third-order valence-corrected chi connectivity index (χ3v) is 4.96. The van der Waals surface area contributed by atoms with Gasteiger partial charge in [-0.3, -0.25) is 4.79 Å². The van der Waals surface area contributed by atoms with E-state index in [1.165, 1.54) is 11.1 Å². The summed E-state index contributed by atoms with van der Waals surface area (Å²) >= 11 is 0. The molecule has 0 spiro atoms. The van der Waals surface area contributed by atoms with E-state index in [1.54, 1.807) is 0 Å². The standard InChI is InChI=1S/C21H23NO3/c23-21(22-11-10-16-5-1-2-6-18(16)14-22)17-7-3-8-19(13-17)25-15-20-9-4-12-24-20/h1-3,5-8,13,20H,4,9-12,14-15H2. The molecule has 0 bridgehead atoms. The van der Waals surface area contributed by atoms with Crippen LogP contribution in [0.3, 0.4) is 0 Å². The smallest absolute Gasteiger partial charge is 0.254 e. The van der Waals surface area contributed by atoms with E-state index in [-0.39, 0.29) is 12.0 Å². The molecule has 0 N–H and O–H groups in total. The molecular weight excluding hydrogens is 314 g/mol. The molecule has 2 aliphatic heterocycles. The van der Waals surface area contributed by atoms with Gasteiger partial charge in [0.05, 0.1) is 6.10 Å². The molecule has 0 saturated carbocycles. The molecule has 1 amide bonds. The minimum atomic E-state index is 0.0667. The third-order valence-electron chi connectivity index (χ3n) is 4.96. The van der Waals surface area contributed by atoms with Crippen molar-refractivity contribution in [1.82, 2.24) is 4.90 Å². The van der Waals surface area contributed by atoms with Crippen LogP contribution in [-0.4, -0.2) is 36.7 Å². The van der Waals surface area contributed by atoms with Crippen LogP contribution in [0.15, 0.2) is 48.5 Å². The topological polar surface area (TPSA) is 38.8 Å². The zero-order valence-corrected chi connectivity index (χ0v) is 14.3. The Labute approximate surface area is 148 Å². The van der Waals surface area contributed by atoms with E-state index < -0.39 is 0 Å². The zero-order chi connectivity index (χ0) is 17.1. The number of fused-ring (bicyclic) bond motifs is 1. The Morgan fingerprint density at radius 1 is 1.16 bits per heavy atom. The summed E-state index contributed by atoms with van der Waals surface area (Å²) in [5, 5.41) is 0. The van der Waals surface area contributed by atoms with Crippen LogP contribution in [0.2, 0.25) is 0 Å². The van der Waals surface area contributed by atoms with Crippen LogP contribution in [0.25, 0.3) is 0 Å². The van der Waals surface area contributed by atoms with Gasteiger partial charge < -0.3 is 14.4 Å². The summed E-state index contributed by atoms with van der Waals surface area (Å²) in [5.74, 6) is 0.802. The van der Waals surface area contributed by atoms with Crippen LogP contribution in [-0.2, 0) is 17.7 Å². The summed E-state index contributed by atoms with van der Waals surface area (Å²) in [7, 11) is 0. The van der Waals surface area contributed by atoms with Gasteiger partial charge in [-0.05, 0) is 48.6 Å². The van der Waals surface area contributed by atoms with E-state index in [1.807, 2.05) is 35.2 Å². The lowest BCUT2D eigenvalue weighted by Gasteiger charge is -2.29. The van der Waals surface area contributed by atoms with Crippen molar-refractivity contribution in [2.24, 2.45) is 0 Å². The van der Waals surface area contributed by atoms with Gasteiger partial charge in [0.1, 0.15) is 12.4 Å². The summed E-state index contributed by atoms with van der Waals surface area (Å²) in [6, 6.07) is 15.8. The maximum atomic E-state index is 12.9. The molecule has 2 aromatic carbocycles. The molecule has 25 heavy (non-hydrogen) atoms. The van der Waals surface area contributed by atoms with Crippen molar-refractivity contribution in [1.29, 1.82) is 0 Å². The minimum absolute atomic E-state index is 0.0667. The fourth-order valence-electron chi connectivity index (χ4n) is 3.54. The molecular formula is C21H23NO3. The van der Waals surface area contributed by atoms with Crippen LogP contribution in [0.5, 0.6) is 5.75 Å². The summed E-state index contributed by atoms with van der Waals surface area (Å²) in [6.45, 7) is 2.81. The highest BCUT2D eigenvalue weighted by Gasteiger charge is 2.22. The van der Waals surface area contributed by atoms with Crippen molar-refractivity contribution in [3.63, 3.8) is 0 Å². The largest absolute Gasteiger partial charge is 0.491 e. The van der Waals surface area contributed by atoms with E-state index in [0.717, 1.165) is 38.2 Å². The van der Waals surface area contributed by atoms with Crippen molar-refractivity contribution in [2.45, 2.75) is 31.9 Å². The first kappa shape index (κ1) is 16.2. The highest BCUT2D eigenvalue weighted by molar-refractivity contribution is 5.94. The second-order valence-corrected chi connectivity index (χ2v) is 6.72. The quantitative estimate of drug-likeness (QED) is 0.858. The predicted molar refractivity (Wildman–Crippen MR) is 95.8 cm³/mol. The molecule has 4 heteroatoms. The van der Waals surface area contributed by atoms with Gasteiger partial charge >= 0.3 is 0 Å². The fraction of sp³-hybridized carbons (Fsp3) is 0.381. The number of hydrogen-bond acceptors (Lipinski definition) is 3. The number of rotatable bonds is 4. The maximum Gasteiger partial charge on any atom is 0.254 e. The molecule has 4 nitrogen and oxygen atoms in total. The summed E-state index contributed by atoms with van der Waals surface area (Å²) in [4.78, 5) is 14.8. The first-order chi connectivity index (χ1) is 12.3. The number of nitrogens with zero attached hydrogens (tertiary/aromatic N) is 1. The number of benzene rings is 2. The normalized spacial score (nSPS) is 19.5. The van der Waals surface area contributed by atoms with Gasteiger partial charge in [-0.2, -0.15) is 0 Å². The average Bonchev–Trinajstić information content (AvgIpc) is 3.19. The van der Waals surface area contributed by atoms with Gasteiger partial charge in [0.15, 0.2) is 0 Å². The molecule has 1 saturated heterocycles. The van der Waals surface area contributed by atoms with Gasteiger partial charge in [0, 0.05) is 25.3 Å². The third kappa shape index (κ3) is 3.69. The second kappa shape index (κ2) is 7.28. The monoisotopic (exact) mass is 337 g/mol. The van der Waals surface area contributed by atoms with Crippen molar-refractivity contribution in [3.8, 4) is 5.75 Å². The van der Waals surface area contributed by atoms with Crippen LogP contribution < -0.4 is 4.74 Å². The molecule has 2 heterocycles. The van der Waals surface area contributed by atoms with Crippen LogP contribution in [0, 0.1) is 0 Å². The van der Waals surface area contributed by atoms with Crippen LogP contribution in [0.1, 0.15) is 34.3 Å². The number of carbonyl (C=O) groups is 1. The van der Waals surface area contributed by atoms with E-state index in [9.17, 15) is 4.79 Å². The minimum Gasteiger partial charge on any atom is -0.491 e. The van der Waals surface area contributed by atoms with Crippen molar-refractivity contribution >= 4 is 5.91 Å². The highest BCUT2D eigenvalue weighted by Crippen LogP contribution is 2.22. The number of carbonyl (C=O) groups excluding carboxylic acids is 1. The Balaban J connectivity index is 1.42. The molecule has 0 aromatic heterocycles. The molecule has 1 fully saturated rings. The average molecular weight is 337 g/mol. The molecule has 0 radical (unpaired) electrons. The summed E-state index contributed by atoms with van der Waals surface area (Å²) in [5.41, 5.74) is 3.28. The van der Waals surface area contributed by atoms with Crippen molar-refractivity contribution < 1.29 is 14.3 Å². The van der Waals surface area contributed by atoms with Crippen molar-refractivity contribution in [3.05, 3.63) is 65.2 Å². The second-order valence-electron chi connectivity index (χ2n) is 6.72. The Morgan fingerprint density at radius 2 is 2.04 bits per heavy atom. The van der Waals surface area contributed by atoms with Gasteiger partial charge in [-0.15, -0.1) is 0 Å². The SMILES string of the molecule is O=C(c1cccc(OCC2CCCO2)c1)N1CCc2ccccc2C1. The zero-order valence-electron chi connectivity index (χ0n) is 14.3. The summed E-state index contributed by atoms with van der Waals surface area (Å²) < 4.78 is 11.4. The molecule has 2 aromatic rings. The maximum absolute atomic E-state index is 12.9. The highest BCUT2D eigenvalue weighted by atomic mass is 16.5. The van der Waals surface area contributed by atoms with Gasteiger partial charge in [0.25, 0.3) is 5.91 Å². The molecule has 4 rings (SSSR count). The molecule has 0 aliphatic carbocycles. The van der Waals surface area contributed by atoms with Gasteiger partial charge in [0.2, 0.25) is 0 Å². The lowest BCUT2D eigenvalue weighted by Crippen LogP contribution is -2.35. The van der Waals surface area contributed by atoms with Gasteiger partial charge in [-0.25, -0.2) is 0 Å². The van der Waals surface area contributed by atoms with Crippen LogP contribution in [0.4, 0.5) is 0 Å². The molecule has 130 valence electrons. The lowest BCUT2D eigenvalue weighted by molar-refractivity contribution is 0.0676. The first-order valence-electron chi connectivity index (χ1n) is 9.00. The van der Waals surface area contributed by atoms with E-state index >= 15 is 0 Å². The number of hydrogen-bond donors (Lipinski definition) is 0. The molecule has 2 aliphatic rings. The molecule has 1 unspecified atom stereocenters. The van der Waals surface area contributed by atoms with E-state index in [4.69, 9.17) is 9.47 Å². The Bertz CT molecular complexity index is 752. The lowest BCUT2D eigenvalue weighted by atomic mass is 9.99. The van der Waals surface area contributed by atoms with Crippen LogP contribution >= 0.6 is 0 Å². The Kier molecular flexibility index (Phi) is 4.70. The Hall–Kier alpha value is -2.33. The summed E-state index contributed by atoms with van der Waals surface area (Å²) in [6.07, 6.45) is 3.24. The molecule has 1 atom stereocenters. The fourth-order valence-corrected chi connectivity index (χ4v) is 3.54. The number of ether oxygens (including phenoxy) is 2.